The van der Waals surface area contributed by atoms with E-state index >= 15 is 0 Å². The third-order valence-electron chi connectivity index (χ3n) is 8.12. The maximum absolute atomic E-state index is 13.6. The van der Waals surface area contributed by atoms with Gasteiger partial charge in [-0.25, -0.2) is 4.98 Å². The molecule has 1 aliphatic carbocycles. The topological polar surface area (TPSA) is 52.2 Å². The van der Waals surface area contributed by atoms with E-state index in [4.69, 9.17) is 0 Å². The van der Waals surface area contributed by atoms with Crippen LogP contribution in [-0.2, 0) is 12.6 Å². The van der Waals surface area contributed by atoms with Crippen LogP contribution in [0.3, 0.4) is 0 Å². The zero-order valence-corrected chi connectivity index (χ0v) is 23.5. The summed E-state index contributed by atoms with van der Waals surface area (Å²) in [5, 5.41) is 11.2. The minimum absolute atomic E-state index is 0.0891. The number of aromatic nitrogens is 1. The number of hydrogen-bond acceptors (Lipinski definition) is 5. The molecule has 2 aliphatic rings. The van der Waals surface area contributed by atoms with Crippen LogP contribution in [0.2, 0.25) is 0 Å². The molecule has 8 heteroatoms. The van der Waals surface area contributed by atoms with Gasteiger partial charge in [0.05, 0.1) is 11.6 Å². The van der Waals surface area contributed by atoms with Crippen molar-refractivity contribution in [1.82, 2.24) is 15.6 Å². The molecule has 3 aromatic rings. The van der Waals surface area contributed by atoms with E-state index in [1.54, 1.807) is 6.07 Å². The molecule has 0 amide bonds. The first-order valence-corrected chi connectivity index (χ1v) is 14.3. The van der Waals surface area contributed by atoms with Gasteiger partial charge < -0.3 is 16.0 Å². The van der Waals surface area contributed by atoms with E-state index in [1.807, 2.05) is 49.4 Å². The standard InChI is InChI=1S/C33H38F3N5/c1-5-24-12-18-30-28(19-24)31(20-32(40-30)33(34,35)36)39-26-15-13-25(14-16-26)37-21(2)11-17-29-22(3)41(23(4)38-29)27-9-7-6-8-10-27/h6-10,12,18-20,25-26,29,37-38H,2-5,11,13-17H2,1H3,(H,39,40). The van der Waals surface area contributed by atoms with Crippen molar-refractivity contribution in [2.24, 2.45) is 0 Å². The van der Waals surface area contributed by atoms with Gasteiger partial charge >= 0.3 is 6.18 Å². The highest BCUT2D eigenvalue weighted by atomic mass is 19.4. The van der Waals surface area contributed by atoms with Gasteiger partial charge in [-0.2, -0.15) is 13.2 Å². The molecular weight excluding hydrogens is 523 g/mol. The lowest BCUT2D eigenvalue weighted by Crippen LogP contribution is -2.36. The summed E-state index contributed by atoms with van der Waals surface area (Å²) in [7, 11) is 0. The number of aryl methyl sites for hydroxylation is 1. The van der Waals surface area contributed by atoms with Crippen molar-refractivity contribution >= 4 is 22.3 Å². The van der Waals surface area contributed by atoms with E-state index in [9.17, 15) is 13.2 Å². The van der Waals surface area contributed by atoms with E-state index in [0.29, 0.717) is 17.2 Å². The van der Waals surface area contributed by atoms with Crippen molar-refractivity contribution in [3.05, 3.63) is 103 Å². The smallest absolute Gasteiger partial charge is 0.386 e. The normalized spacial score (nSPS) is 21.2. The van der Waals surface area contributed by atoms with E-state index in [-0.39, 0.29) is 12.1 Å². The Balaban J connectivity index is 1.14. The summed E-state index contributed by atoms with van der Waals surface area (Å²) in [4.78, 5) is 5.95. The first kappa shape index (κ1) is 28.6. The summed E-state index contributed by atoms with van der Waals surface area (Å²) in [5.41, 5.74) is 4.08. The Bertz CT molecular complexity index is 1420. The predicted molar refractivity (Wildman–Crippen MR) is 161 cm³/mol. The van der Waals surface area contributed by atoms with Crippen molar-refractivity contribution in [3.63, 3.8) is 0 Å². The van der Waals surface area contributed by atoms with Gasteiger partial charge in [-0.05, 0) is 80.8 Å². The molecule has 2 aromatic carbocycles. The average Bonchev–Trinajstić information content (AvgIpc) is 3.25. The number of anilines is 2. The second-order valence-electron chi connectivity index (χ2n) is 11.0. The number of hydrogen-bond donors (Lipinski definition) is 3. The highest BCUT2D eigenvalue weighted by Gasteiger charge is 2.34. The van der Waals surface area contributed by atoms with Gasteiger partial charge in [0.15, 0.2) is 0 Å². The third-order valence-corrected chi connectivity index (χ3v) is 8.12. The van der Waals surface area contributed by atoms with Crippen molar-refractivity contribution in [3.8, 4) is 0 Å². The molecule has 41 heavy (non-hydrogen) atoms. The molecule has 3 N–H and O–H groups in total. The summed E-state index contributed by atoms with van der Waals surface area (Å²) in [6.07, 6.45) is 1.50. The van der Waals surface area contributed by atoms with Gasteiger partial charge in [-0.1, -0.05) is 50.9 Å². The van der Waals surface area contributed by atoms with E-state index in [1.165, 1.54) is 0 Å². The fourth-order valence-electron chi connectivity index (χ4n) is 5.85. The zero-order valence-electron chi connectivity index (χ0n) is 23.5. The van der Waals surface area contributed by atoms with Crippen LogP contribution in [0, 0.1) is 0 Å². The summed E-state index contributed by atoms with van der Waals surface area (Å²) in [6, 6.07) is 17.2. The minimum atomic E-state index is -4.50. The van der Waals surface area contributed by atoms with E-state index in [0.717, 1.165) is 84.9 Å². The Morgan fingerprint density at radius 3 is 2.41 bits per heavy atom. The molecule has 1 unspecified atom stereocenters. The Morgan fingerprint density at radius 2 is 1.73 bits per heavy atom. The van der Waals surface area contributed by atoms with Crippen LogP contribution >= 0.6 is 0 Å². The number of pyridine rings is 1. The van der Waals surface area contributed by atoms with E-state index < -0.39 is 11.9 Å². The zero-order chi connectivity index (χ0) is 29.1. The van der Waals surface area contributed by atoms with Crippen molar-refractivity contribution in [1.29, 1.82) is 0 Å². The number of benzene rings is 2. The number of allylic oxidation sites excluding steroid dienone is 1. The van der Waals surface area contributed by atoms with Gasteiger partial charge in [-0.3, -0.25) is 4.90 Å². The van der Waals surface area contributed by atoms with E-state index in [2.05, 4.69) is 45.6 Å². The van der Waals surface area contributed by atoms with Crippen LogP contribution in [0.25, 0.3) is 10.9 Å². The van der Waals surface area contributed by atoms with Gasteiger partial charge in [-0.15, -0.1) is 0 Å². The molecule has 1 aliphatic heterocycles. The summed E-state index contributed by atoms with van der Waals surface area (Å²) in [6.45, 7) is 14.8. The maximum atomic E-state index is 13.6. The van der Waals surface area contributed by atoms with Gasteiger partial charge in [0.25, 0.3) is 0 Å². The second kappa shape index (κ2) is 11.9. The molecular formula is C33H38F3N5. The molecule has 0 radical (unpaired) electrons. The second-order valence-corrected chi connectivity index (χ2v) is 11.0. The molecule has 5 rings (SSSR count). The lowest BCUT2D eigenvalue weighted by molar-refractivity contribution is -0.140. The van der Waals surface area contributed by atoms with Crippen LogP contribution in [0.1, 0.15) is 56.7 Å². The summed E-state index contributed by atoms with van der Waals surface area (Å²) >= 11 is 0. The van der Waals surface area contributed by atoms with Crippen molar-refractivity contribution < 1.29 is 13.2 Å². The first-order chi connectivity index (χ1) is 19.6. The largest absolute Gasteiger partial charge is 0.433 e. The SMILES string of the molecule is C=C(CCC1NC(=C)N(c2ccccc2)C1=C)NC1CCC(Nc2cc(C(F)(F)F)nc3ccc(CC)cc23)CC1. The fourth-order valence-corrected chi connectivity index (χ4v) is 5.85. The minimum Gasteiger partial charge on any atom is -0.386 e. The predicted octanol–water partition coefficient (Wildman–Crippen LogP) is 7.89. The van der Waals surface area contributed by atoms with Crippen LogP contribution in [0.4, 0.5) is 24.5 Å². The molecule has 2 heterocycles. The fraction of sp³-hybridized carbons (Fsp3) is 0.364. The van der Waals surface area contributed by atoms with Crippen LogP contribution in [0.15, 0.2) is 91.5 Å². The summed E-state index contributed by atoms with van der Waals surface area (Å²) < 4.78 is 40.7. The lowest BCUT2D eigenvalue weighted by atomic mass is 9.90. The molecule has 1 saturated heterocycles. The Hall–Kier alpha value is -3.94. The molecule has 216 valence electrons. The molecule has 0 bridgehead atoms. The quantitative estimate of drug-likeness (QED) is 0.248. The van der Waals surface area contributed by atoms with Gasteiger partial charge in [0, 0.05) is 40.2 Å². The molecule has 2 fully saturated rings. The van der Waals surface area contributed by atoms with Gasteiger partial charge in [0.1, 0.15) is 11.5 Å². The van der Waals surface area contributed by atoms with Crippen LogP contribution in [-0.4, -0.2) is 23.1 Å². The number of nitrogens with one attached hydrogen (secondary N) is 3. The first-order valence-electron chi connectivity index (χ1n) is 14.3. The molecule has 0 spiro atoms. The number of para-hydroxylation sites is 1. The van der Waals surface area contributed by atoms with Crippen molar-refractivity contribution in [2.75, 3.05) is 10.2 Å². The van der Waals surface area contributed by atoms with Gasteiger partial charge in [0.2, 0.25) is 0 Å². The Morgan fingerprint density at radius 1 is 1.02 bits per heavy atom. The number of nitrogens with zero attached hydrogens (tertiary/aromatic N) is 2. The molecule has 5 nitrogen and oxygen atoms in total. The number of rotatable bonds is 9. The third kappa shape index (κ3) is 6.53. The van der Waals surface area contributed by atoms with Crippen LogP contribution < -0.4 is 20.9 Å². The number of fused-ring (bicyclic) bond motifs is 1. The Labute approximate surface area is 240 Å². The maximum Gasteiger partial charge on any atom is 0.433 e. The molecule has 1 saturated carbocycles. The summed E-state index contributed by atoms with van der Waals surface area (Å²) in [5.74, 6) is 0.825. The average molecular weight is 562 g/mol. The van der Waals surface area contributed by atoms with Crippen molar-refractivity contribution in [2.45, 2.75) is 76.2 Å². The lowest BCUT2D eigenvalue weighted by Gasteiger charge is -2.32. The highest BCUT2D eigenvalue weighted by molar-refractivity contribution is 5.92. The molecule has 1 atom stereocenters. The van der Waals surface area contributed by atoms with Crippen LogP contribution in [0.5, 0.6) is 0 Å². The molecule has 1 aromatic heterocycles. The Kier molecular flexibility index (Phi) is 8.29. The number of halogens is 3. The monoisotopic (exact) mass is 561 g/mol. The number of alkyl halides is 3. The highest BCUT2D eigenvalue weighted by Crippen LogP contribution is 2.35.